The number of hydrogen-bond acceptors (Lipinski definition) is 1. The average Bonchev–Trinajstić information content (AvgIpc) is 3.11. The highest BCUT2D eigenvalue weighted by Crippen LogP contribution is 2.42. The van der Waals surface area contributed by atoms with Crippen LogP contribution in [0.5, 0.6) is 0 Å². The van der Waals surface area contributed by atoms with Gasteiger partial charge in [-0.15, -0.1) is 0 Å². The fourth-order valence-corrected chi connectivity index (χ4v) is 3.56. The minimum atomic E-state index is -0.426. The van der Waals surface area contributed by atoms with Crippen molar-refractivity contribution in [3.8, 4) is 11.8 Å². The minimum Gasteiger partial charge on any atom is -0.361 e. The van der Waals surface area contributed by atoms with Gasteiger partial charge in [0, 0.05) is 13.0 Å². The van der Waals surface area contributed by atoms with Crippen molar-refractivity contribution >= 4 is 0 Å². The van der Waals surface area contributed by atoms with Crippen molar-refractivity contribution < 1.29 is 9.64 Å². The molecule has 0 aromatic heterocycles. The molecule has 0 spiro atoms. The molecule has 0 aliphatic heterocycles. The van der Waals surface area contributed by atoms with E-state index in [0.717, 1.165) is 19.6 Å². The number of hydrogen-bond donors (Lipinski definition) is 1. The fourth-order valence-electron chi connectivity index (χ4n) is 3.56. The zero-order valence-corrected chi connectivity index (χ0v) is 14.3. The molecular weight excluding hydrogens is 270 g/mol. The van der Waals surface area contributed by atoms with Crippen molar-refractivity contribution in [2.24, 2.45) is 5.92 Å². The highest BCUT2D eigenvalue weighted by molar-refractivity contribution is 5.34. The highest BCUT2D eigenvalue weighted by Gasteiger charge is 2.40. The van der Waals surface area contributed by atoms with Gasteiger partial charge in [0.1, 0.15) is 6.54 Å². The van der Waals surface area contributed by atoms with E-state index < -0.39 is 5.60 Å². The average molecular weight is 300 g/mol. The number of nitrogens with one attached hydrogen (secondary N) is 1. The summed E-state index contributed by atoms with van der Waals surface area (Å²) in [5.41, 5.74) is 0.788. The summed E-state index contributed by atoms with van der Waals surface area (Å²) in [4.78, 5) is 1.52. The summed E-state index contributed by atoms with van der Waals surface area (Å²) in [6.07, 6.45) is 5.03. The summed E-state index contributed by atoms with van der Waals surface area (Å²) in [5, 5.41) is 0. The van der Waals surface area contributed by atoms with E-state index in [1.165, 1.54) is 36.1 Å². The molecule has 0 radical (unpaired) electrons. The van der Waals surface area contributed by atoms with Crippen LogP contribution in [-0.4, -0.2) is 26.7 Å². The highest BCUT2D eigenvalue weighted by atomic mass is 16.5. The van der Waals surface area contributed by atoms with E-state index in [9.17, 15) is 0 Å². The third kappa shape index (κ3) is 3.72. The molecule has 0 bridgehead atoms. The second-order valence-electron chi connectivity index (χ2n) is 6.22. The largest absolute Gasteiger partial charge is 0.361 e. The lowest BCUT2D eigenvalue weighted by molar-refractivity contribution is -0.889. The standard InChI is InChI=1S/C20H29NO/c1-4-21(5-2)17-11-16-20(22-3,19-14-9-10-15-19)18-12-7-6-8-13-18/h6-8,12-13,19H,4-5,9-10,14-15,17H2,1-3H3/p+1/t20-/m1/s1. The van der Waals surface area contributed by atoms with Crippen molar-refractivity contribution in [3.63, 3.8) is 0 Å². The predicted molar refractivity (Wildman–Crippen MR) is 91.8 cm³/mol. The Morgan fingerprint density at radius 1 is 1.14 bits per heavy atom. The third-order valence-corrected chi connectivity index (χ3v) is 5.07. The van der Waals surface area contributed by atoms with E-state index in [0.29, 0.717) is 5.92 Å². The second kappa shape index (κ2) is 8.36. The number of quaternary nitrogens is 1. The summed E-state index contributed by atoms with van der Waals surface area (Å²) in [6.45, 7) is 7.59. The van der Waals surface area contributed by atoms with E-state index in [4.69, 9.17) is 4.74 Å². The molecule has 22 heavy (non-hydrogen) atoms. The van der Waals surface area contributed by atoms with Gasteiger partial charge in [-0.05, 0) is 38.2 Å². The maximum absolute atomic E-state index is 6.07. The van der Waals surface area contributed by atoms with Gasteiger partial charge in [0.2, 0.25) is 0 Å². The monoisotopic (exact) mass is 300 g/mol. The van der Waals surface area contributed by atoms with Crippen LogP contribution in [0, 0.1) is 17.8 Å². The van der Waals surface area contributed by atoms with Crippen molar-refractivity contribution in [1.29, 1.82) is 0 Å². The van der Waals surface area contributed by atoms with Crippen LogP contribution < -0.4 is 4.90 Å². The molecule has 1 aliphatic carbocycles. The maximum Gasteiger partial charge on any atom is 0.156 e. The van der Waals surface area contributed by atoms with E-state index in [-0.39, 0.29) is 0 Å². The lowest BCUT2D eigenvalue weighted by Crippen LogP contribution is -3.11. The van der Waals surface area contributed by atoms with Crippen LogP contribution in [0.1, 0.15) is 45.1 Å². The molecule has 2 rings (SSSR count). The first kappa shape index (κ1) is 17.1. The Labute approximate surface area is 135 Å². The molecule has 1 N–H and O–H groups in total. The predicted octanol–water partition coefficient (Wildman–Crippen LogP) is 2.65. The Morgan fingerprint density at radius 3 is 2.32 bits per heavy atom. The smallest absolute Gasteiger partial charge is 0.156 e. The van der Waals surface area contributed by atoms with Crippen molar-refractivity contribution in [3.05, 3.63) is 35.9 Å². The molecule has 1 aromatic rings. The number of benzene rings is 1. The van der Waals surface area contributed by atoms with Gasteiger partial charge in [-0.25, -0.2) is 0 Å². The molecule has 0 saturated heterocycles. The van der Waals surface area contributed by atoms with Crippen LogP contribution in [0.4, 0.5) is 0 Å². The molecule has 1 atom stereocenters. The summed E-state index contributed by atoms with van der Waals surface area (Å²) in [6, 6.07) is 10.6. The van der Waals surface area contributed by atoms with Crippen molar-refractivity contribution in [2.45, 2.75) is 45.1 Å². The minimum absolute atomic E-state index is 0.426. The van der Waals surface area contributed by atoms with Crippen molar-refractivity contribution in [1.82, 2.24) is 0 Å². The van der Waals surface area contributed by atoms with Crippen LogP contribution in [0.3, 0.4) is 0 Å². The van der Waals surface area contributed by atoms with Crippen LogP contribution in [-0.2, 0) is 10.3 Å². The molecule has 120 valence electrons. The Kier molecular flexibility index (Phi) is 6.49. The normalized spacial score (nSPS) is 18.0. The van der Waals surface area contributed by atoms with Gasteiger partial charge in [0.15, 0.2) is 5.60 Å². The van der Waals surface area contributed by atoms with Crippen molar-refractivity contribution in [2.75, 3.05) is 26.7 Å². The number of methoxy groups -OCH3 is 1. The van der Waals surface area contributed by atoms with E-state index >= 15 is 0 Å². The lowest BCUT2D eigenvalue weighted by Gasteiger charge is -2.33. The molecular formula is C20H30NO+. The Morgan fingerprint density at radius 2 is 1.77 bits per heavy atom. The SMILES string of the molecule is CC[NH+](CC)CC#C[C@@](OC)(c1ccccc1)C1CCCC1. The van der Waals surface area contributed by atoms with Crippen LogP contribution in [0.15, 0.2) is 30.3 Å². The summed E-state index contributed by atoms with van der Waals surface area (Å²) >= 11 is 0. The van der Waals surface area contributed by atoms with Gasteiger partial charge in [0.25, 0.3) is 0 Å². The molecule has 1 fully saturated rings. The van der Waals surface area contributed by atoms with Gasteiger partial charge >= 0.3 is 0 Å². The number of ether oxygens (including phenoxy) is 1. The summed E-state index contributed by atoms with van der Waals surface area (Å²) < 4.78 is 6.07. The first-order valence-electron chi connectivity index (χ1n) is 8.71. The molecule has 0 unspecified atom stereocenters. The Balaban J connectivity index is 2.30. The Hall–Kier alpha value is -1.30. The summed E-state index contributed by atoms with van der Waals surface area (Å²) in [7, 11) is 1.82. The van der Waals surface area contributed by atoms with Gasteiger partial charge in [-0.3, -0.25) is 0 Å². The first-order valence-corrected chi connectivity index (χ1v) is 8.71. The van der Waals surface area contributed by atoms with E-state index in [1.54, 1.807) is 0 Å². The Bertz CT molecular complexity index is 491. The third-order valence-electron chi connectivity index (χ3n) is 5.07. The van der Waals surface area contributed by atoms with Gasteiger partial charge < -0.3 is 9.64 Å². The zero-order chi connectivity index (χ0) is 15.8. The fraction of sp³-hybridized carbons (Fsp3) is 0.600. The molecule has 0 heterocycles. The van der Waals surface area contributed by atoms with Crippen LogP contribution in [0.2, 0.25) is 0 Å². The molecule has 2 nitrogen and oxygen atoms in total. The van der Waals surface area contributed by atoms with Gasteiger partial charge in [0.05, 0.1) is 13.1 Å². The lowest BCUT2D eigenvalue weighted by atomic mass is 9.80. The molecule has 1 saturated carbocycles. The quantitative estimate of drug-likeness (QED) is 0.798. The van der Waals surface area contributed by atoms with Gasteiger partial charge in [-0.1, -0.05) is 49.1 Å². The second-order valence-corrected chi connectivity index (χ2v) is 6.22. The van der Waals surface area contributed by atoms with Crippen LogP contribution >= 0.6 is 0 Å². The van der Waals surface area contributed by atoms with E-state index in [1.807, 2.05) is 7.11 Å². The van der Waals surface area contributed by atoms with Crippen LogP contribution in [0.25, 0.3) is 0 Å². The maximum atomic E-state index is 6.07. The summed E-state index contributed by atoms with van der Waals surface area (Å²) in [5.74, 6) is 7.50. The number of rotatable bonds is 6. The molecule has 2 heteroatoms. The first-order chi connectivity index (χ1) is 10.8. The van der Waals surface area contributed by atoms with E-state index in [2.05, 4.69) is 56.0 Å². The topological polar surface area (TPSA) is 13.7 Å². The molecule has 1 aliphatic rings. The van der Waals surface area contributed by atoms with Gasteiger partial charge in [-0.2, -0.15) is 0 Å². The zero-order valence-electron chi connectivity index (χ0n) is 14.3. The molecule has 1 aromatic carbocycles. The molecule has 0 amide bonds.